The van der Waals surface area contributed by atoms with Gasteiger partial charge in [0.05, 0.1) is 26.4 Å². The summed E-state index contributed by atoms with van der Waals surface area (Å²) in [5, 5.41) is 9.19. The van der Waals surface area contributed by atoms with Crippen molar-refractivity contribution in [2.45, 2.75) is 12.5 Å². The quantitative estimate of drug-likeness (QED) is 0.821. The van der Waals surface area contributed by atoms with E-state index in [1.165, 1.54) is 27.4 Å². The van der Waals surface area contributed by atoms with Crippen molar-refractivity contribution in [3.8, 4) is 17.2 Å². The highest BCUT2D eigenvalue weighted by Crippen LogP contribution is 2.43. The molecule has 0 heterocycles. The van der Waals surface area contributed by atoms with E-state index in [9.17, 15) is 4.79 Å². The molecule has 19 heavy (non-hydrogen) atoms. The number of nitrogens with two attached hydrogens (primary N) is 1. The average molecular weight is 290 g/mol. The number of carboxylic acids is 1. The van der Waals surface area contributed by atoms with Crippen LogP contribution in [0.5, 0.6) is 17.2 Å². The molecule has 7 heteroatoms. The Morgan fingerprint density at radius 1 is 1.32 bits per heavy atom. The summed E-state index contributed by atoms with van der Waals surface area (Å²) in [6.45, 7) is 0. The Bertz CT molecular complexity index is 478. The van der Waals surface area contributed by atoms with E-state index in [-0.39, 0.29) is 6.42 Å². The predicted molar refractivity (Wildman–Crippen MR) is 70.4 cm³/mol. The first-order chi connectivity index (χ1) is 8.96. The standard InChI is InChI=1S/C12H16ClNO5/c1-17-9-5-7(13)10(18-2)6(11(9)19-3)4-8(14)12(15)16/h5,8H,4,14H2,1-3H3,(H,15,16). The van der Waals surface area contributed by atoms with Crippen molar-refractivity contribution in [2.24, 2.45) is 5.73 Å². The van der Waals surface area contributed by atoms with Crippen LogP contribution in [0.4, 0.5) is 0 Å². The van der Waals surface area contributed by atoms with Gasteiger partial charge in [-0.05, 0) is 0 Å². The van der Waals surface area contributed by atoms with Crippen LogP contribution in [0.1, 0.15) is 5.56 Å². The van der Waals surface area contributed by atoms with Crippen LogP contribution in [0.2, 0.25) is 5.02 Å². The maximum Gasteiger partial charge on any atom is 0.320 e. The molecule has 3 N–H and O–H groups in total. The van der Waals surface area contributed by atoms with Crippen molar-refractivity contribution in [1.29, 1.82) is 0 Å². The smallest absolute Gasteiger partial charge is 0.320 e. The van der Waals surface area contributed by atoms with Gasteiger partial charge in [0.1, 0.15) is 11.8 Å². The Morgan fingerprint density at radius 2 is 1.89 bits per heavy atom. The van der Waals surface area contributed by atoms with Gasteiger partial charge in [0, 0.05) is 18.1 Å². The van der Waals surface area contributed by atoms with Crippen molar-refractivity contribution in [2.75, 3.05) is 21.3 Å². The van der Waals surface area contributed by atoms with E-state index in [1.807, 2.05) is 0 Å². The van der Waals surface area contributed by atoms with Gasteiger partial charge < -0.3 is 25.1 Å². The first-order valence-electron chi connectivity index (χ1n) is 5.41. The average Bonchev–Trinajstić information content (AvgIpc) is 2.38. The first kappa shape index (κ1) is 15.4. The number of hydrogen-bond donors (Lipinski definition) is 2. The maximum absolute atomic E-state index is 10.9. The molecule has 0 radical (unpaired) electrons. The summed E-state index contributed by atoms with van der Waals surface area (Å²) in [5.41, 5.74) is 6.01. The van der Waals surface area contributed by atoms with Gasteiger partial charge in [0.25, 0.3) is 0 Å². The van der Waals surface area contributed by atoms with Crippen molar-refractivity contribution in [3.63, 3.8) is 0 Å². The molecule has 6 nitrogen and oxygen atoms in total. The van der Waals surface area contributed by atoms with Crippen molar-refractivity contribution >= 4 is 17.6 Å². The van der Waals surface area contributed by atoms with Crippen LogP contribution in [0, 0.1) is 0 Å². The summed E-state index contributed by atoms with van der Waals surface area (Å²) >= 11 is 6.06. The number of carbonyl (C=O) groups is 1. The van der Waals surface area contributed by atoms with Gasteiger partial charge in [-0.1, -0.05) is 11.6 Å². The molecule has 0 amide bonds. The van der Waals surface area contributed by atoms with Gasteiger partial charge in [-0.2, -0.15) is 0 Å². The molecular formula is C12H16ClNO5. The van der Waals surface area contributed by atoms with Crippen LogP contribution in [0.15, 0.2) is 6.07 Å². The highest BCUT2D eigenvalue weighted by molar-refractivity contribution is 6.32. The minimum absolute atomic E-state index is 0.0125. The first-order valence-corrected chi connectivity index (χ1v) is 5.79. The summed E-state index contributed by atoms with van der Waals surface area (Å²) in [5.74, 6) is -0.0413. The maximum atomic E-state index is 10.9. The Balaban J connectivity index is 3.38. The van der Waals surface area contributed by atoms with Gasteiger partial charge in [-0.15, -0.1) is 0 Å². The lowest BCUT2D eigenvalue weighted by Gasteiger charge is -2.18. The van der Waals surface area contributed by atoms with Crippen LogP contribution >= 0.6 is 11.6 Å². The third-order valence-corrected chi connectivity index (χ3v) is 2.90. The van der Waals surface area contributed by atoms with E-state index in [2.05, 4.69) is 0 Å². The van der Waals surface area contributed by atoms with E-state index in [1.54, 1.807) is 0 Å². The molecular weight excluding hydrogens is 274 g/mol. The fourth-order valence-corrected chi connectivity index (χ4v) is 2.02. The lowest BCUT2D eigenvalue weighted by atomic mass is 10.0. The van der Waals surface area contributed by atoms with Crippen LogP contribution in [0.3, 0.4) is 0 Å². The van der Waals surface area contributed by atoms with Crippen molar-refractivity contribution in [3.05, 3.63) is 16.7 Å². The van der Waals surface area contributed by atoms with E-state index in [0.717, 1.165) is 0 Å². The van der Waals surface area contributed by atoms with Gasteiger partial charge in [-0.25, -0.2) is 0 Å². The normalized spacial score (nSPS) is 11.8. The zero-order valence-corrected chi connectivity index (χ0v) is 11.7. The number of halogens is 1. The Kier molecular flexibility index (Phi) is 5.26. The number of hydrogen-bond acceptors (Lipinski definition) is 5. The highest BCUT2D eigenvalue weighted by atomic mass is 35.5. The molecule has 1 aromatic rings. The minimum atomic E-state index is -1.12. The number of ether oxygens (including phenoxy) is 3. The molecule has 1 unspecified atom stereocenters. The van der Waals surface area contributed by atoms with Crippen molar-refractivity contribution in [1.82, 2.24) is 0 Å². The number of benzene rings is 1. The molecule has 0 spiro atoms. The largest absolute Gasteiger partial charge is 0.495 e. The van der Waals surface area contributed by atoms with Gasteiger partial charge in [0.2, 0.25) is 0 Å². The van der Waals surface area contributed by atoms with Gasteiger partial charge >= 0.3 is 5.97 Å². The Morgan fingerprint density at radius 3 is 2.32 bits per heavy atom. The molecule has 0 aliphatic heterocycles. The summed E-state index contributed by atoms with van der Waals surface area (Å²) in [6, 6.07) is 0.445. The number of methoxy groups -OCH3 is 3. The predicted octanol–water partition coefficient (Wildman–Crippen LogP) is 1.32. The molecule has 1 atom stereocenters. The number of rotatable bonds is 6. The molecule has 0 fully saturated rings. The third-order valence-electron chi connectivity index (χ3n) is 2.62. The van der Waals surface area contributed by atoms with E-state index >= 15 is 0 Å². The van der Waals surface area contributed by atoms with Crippen LogP contribution in [-0.2, 0) is 11.2 Å². The summed E-state index contributed by atoms with van der Waals surface area (Å²) in [4.78, 5) is 10.9. The lowest BCUT2D eigenvalue weighted by molar-refractivity contribution is -0.138. The molecule has 0 saturated heterocycles. The monoisotopic (exact) mass is 289 g/mol. The fourth-order valence-electron chi connectivity index (χ4n) is 1.73. The molecule has 0 bridgehead atoms. The van der Waals surface area contributed by atoms with Crippen LogP contribution < -0.4 is 19.9 Å². The molecule has 0 saturated carbocycles. The highest BCUT2D eigenvalue weighted by Gasteiger charge is 2.24. The lowest BCUT2D eigenvalue weighted by Crippen LogP contribution is -2.32. The van der Waals surface area contributed by atoms with Crippen molar-refractivity contribution < 1.29 is 24.1 Å². The molecule has 1 aromatic carbocycles. The van der Waals surface area contributed by atoms with Gasteiger partial charge in [-0.3, -0.25) is 4.79 Å². The zero-order chi connectivity index (χ0) is 14.6. The summed E-state index contributed by atoms with van der Waals surface area (Å²) in [6.07, 6.45) is 0.0125. The van der Waals surface area contributed by atoms with Gasteiger partial charge in [0.15, 0.2) is 11.5 Å². The SMILES string of the molecule is COc1cc(Cl)c(OC)c(CC(N)C(=O)O)c1OC. The molecule has 0 aromatic heterocycles. The topological polar surface area (TPSA) is 91.0 Å². The minimum Gasteiger partial charge on any atom is -0.495 e. The van der Waals surface area contributed by atoms with E-state index in [4.69, 9.17) is 36.7 Å². The zero-order valence-electron chi connectivity index (χ0n) is 10.9. The van der Waals surface area contributed by atoms with E-state index < -0.39 is 12.0 Å². The molecule has 106 valence electrons. The second-order valence-corrected chi connectivity index (χ2v) is 4.16. The molecule has 0 aliphatic carbocycles. The third kappa shape index (κ3) is 3.21. The molecule has 1 rings (SSSR count). The van der Waals surface area contributed by atoms with Crippen LogP contribution in [-0.4, -0.2) is 38.4 Å². The fraction of sp³-hybridized carbons (Fsp3) is 0.417. The number of carboxylic acid groups (broad SMARTS) is 1. The summed E-state index contributed by atoms with van der Waals surface area (Å²) < 4.78 is 15.6. The second kappa shape index (κ2) is 6.49. The van der Waals surface area contributed by atoms with Crippen LogP contribution in [0.25, 0.3) is 0 Å². The van der Waals surface area contributed by atoms with E-state index in [0.29, 0.717) is 27.8 Å². The molecule has 0 aliphatic rings. The Labute approximate surface area is 116 Å². The Hall–Kier alpha value is -1.66. The number of aliphatic carboxylic acids is 1. The summed E-state index contributed by atoms with van der Waals surface area (Å²) in [7, 11) is 4.34. The second-order valence-electron chi connectivity index (χ2n) is 3.75.